The van der Waals surface area contributed by atoms with E-state index in [1.54, 1.807) is 19.2 Å². The summed E-state index contributed by atoms with van der Waals surface area (Å²) in [5.74, 6) is -1.71. The summed E-state index contributed by atoms with van der Waals surface area (Å²) in [6, 6.07) is 11.1. The molecule has 0 saturated heterocycles. The normalized spacial score (nSPS) is 14.2. The standard InChI is InChI=1S/C24H19BrF2N6O2/c1-15(24(35,12-31-14-28-13-29-31)19-7-6-18(26)10-20(19)27)32-9-8-22-30-21(11-33(22)23(32)34)16-2-4-17(25)5-3-16/h2-11,13-15,35H,12H2,1H3. The van der Waals surface area contributed by atoms with E-state index in [1.807, 2.05) is 24.3 Å². The molecule has 3 aromatic heterocycles. The lowest BCUT2D eigenvalue weighted by molar-refractivity contribution is -0.0346. The van der Waals surface area contributed by atoms with Crippen molar-refractivity contribution < 1.29 is 13.9 Å². The minimum atomic E-state index is -1.97. The predicted octanol–water partition coefficient (Wildman–Crippen LogP) is 3.94. The highest BCUT2D eigenvalue weighted by Crippen LogP contribution is 2.36. The Kier molecular flexibility index (Phi) is 5.81. The molecule has 0 amide bonds. The average molecular weight is 541 g/mol. The Morgan fingerprint density at radius 1 is 1.14 bits per heavy atom. The smallest absolute Gasteiger partial charge is 0.334 e. The summed E-state index contributed by atoms with van der Waals surface area (Å²) in [4.78, 5) is 21.9. The first-order chi connectivity index (χ1) is 16.8. The van der Waals surface area contributed by atoms with Gasteiger partial charge in [0.1, 0.15) is 35.5 Å². The zero-order valence-electron chi connectivity index (χ0n) is 18.4. The molecule has 8 nitrogen and oxygen atoms in total. The second-order valence-corrected chi connectivity index (χ2v) is 9.10. The summed E-state index contributed by atoms with van der Waals surface area (Å²) in [6.07, 6.45) is 5.75. The van der Waals surface area contributed by atoms with Gasteiger partial charge in [0, 0.05) is 34.1 Å². The fourth-order valence-corrected chi connectivity index (χ4v) is 4.39. The Morgan fingerprint density at radius 3 is 2.60 bits per heavy atom. The van der Waals surface area contributed by atoms with Crippen molar-refractivity contribution in [1.29, 1.82) is 0 Å². The zero-order valence-corrected chi connectivity index (χ0v) is 20.0. The second-order valence-electron chi connectivity index (χ2n) is 8.18. The highest BCUT2D eigenvalue weighted by molar-refractivity contribution is 9.10. The molecule has 11 heteroatoms. The largest absolute Gasteiger partial charge is 0.381 e. The van der Waals surface area contributed by atoms with Crippen LogP contribution in [0, 0.1) is 11.6 Å². The van der Waals surface area contributed by atoms with Crippen LogP contribution in [0.25, 0.3) is 16.9 Å². The van der Waals surface area contributed by atoms with Gasteiger partial charge in [0.05, 0.1) is 18.3 Å². The maximum atomic E-state index is 14.9. The fourth-order valence-electron chi connectivity index (χ4n) is 4.13. The van der Waals surface area contributed by atoms with E-state index in [0.717, 1.165) is 16.1 Å². The monoisotopic (exact) mass is 540 g/mol. The lowest BCUT2D eigenvalue weighted by Crippen LogP contribution is -2.44. The van der Waals surface area contributed by atoms with Crippen molar-refractivity contribution in [3.8, 4) is 11.3 Å². The SMILES string of the molecule is CC(n1ccc2nc(-c3ccc(Br)cc3)cn2c1=O)C(O)(Cn1cncn1)c1ccc(F)cc1F. The second kappa shape index (κ2) is 8.82. The summed E-state index contributed by atoms with van der Waals surface area (Å²) in [5, 5.41) is 15.8. The number of nitrogens with zero attached hydrogens (tertiary/aromatic N) is 6. The van der Waals surface area contributed by atoms with Crippen LogP contribution in [0.4, 0.5) is 8.78 Å². The van der Waals surface area contributed by atoms with Crippen LogP contribution >= 0.6 is 15.9 Å². The Bertz CT molecular complexity index is 1570. The molecule has 3 heterocycles. The minimum absolute atomic E-state index is 0.171. The quantitative estimate of drug-likeness (QED) is 0.352. The van der Waals surface area contributed by atoms with E-state index in [2.05, 4.69) is 31.0 Å². The van der Waals surface area contributed by atoms with Gasteiger partial charge in [0.2, 0.25) is 0 Å². The minimum Gasteiger partial charge on any atom is -0.381 e. The maximum Gasteiger partial charge on any atom is 0.334 e. The number of benzene rings is 2. The van der Waals surface area contributed by atoms with Crippen molar-refractivity contribution in [3.63, 3.8) is 0 Å². The van der Waals surface area contributed by atoms with Crippen LogP contribution in [0.5, 0.6) is 0 Å². The summed E-state index contributed by atoms with van der Waals surface area (Å²) < 4.78 is 33.4. The molecule has 5 aromatic rings. The molecule has 1 N–H and O–H groups in total. The average Bonchev–Trinajstić information content (AvgIpc) is 3.49. The molecular weight excluding hydrogens is 522 g/mol. The molecule has 0 aliphatic rings. The Morgan fingerprint density at radius 2 is 1.91 bits per heavy atom. The molecule has 35 heavy (non-hydrogen) atoms. The molecule has 2 aromatic carbocycles. The van der Waals surface area contributed by atoms with E-state index in [0.29, 0.717) is 17.4 Å². The van der Waals surface area contributed by atoms with Gasteiger partial charge in [-0.05, 0) is 31.2 Å². The van der Waals surface area contributed by atoms with E-state index < -0.39 is 29.0 Å². The van der Waals surface area contributed by atoms with Crippen LogP contribution in [-0.2, 0) is 12.1 Å². The van der Waals surface area contributed by atoms with Crippen molar-refractivity contribution in [2.75, 3.05) is 0 Å². The fraction of sp³-hybridized carbons (Fsp3) is 0.167. The summed E-state index contributed by atoms with van der Waals surface area (Å²) in [6.45, 7) is 1.36. The van der Waals surface area contributed by atoms with Gasteiger partial charge >= 0.3 is 5.69 Å². The number of fused-ring (bicyclic) bond motifs is 1. The first-order valence-electron chi connectivity index (χ1n) is 10.6. The van der Waals surface area contributed by atoms with Crippen molar-refractivity contribution in [3.05, 3.63) is 106 Å². The van der Waals surface area contributed by atoms with Crippen LogP contribution in [0.2, 0.25) is 0 Å². The van der Waals surface area contributed by atoms with Gasteiger partial charge in [-0.25, -0.2) is 28.2 Å². The third-order valence-electron chi connectivity index (χ3n) is 6.06. The number of halogens is 3. The summed E-state index contributed by atoms with van der Waals surface area (Å²) in [7, 11) is 0. The van der Waals surface area contributed by atoms with Gasteiger partial charge in [0.25, 0.3) is 0 Å². The topological polar surface area (TPSA) is 90.2 Å². The zero-order chi connectivity index (χ0) is 24.7. The predicted molar refractivity (Wildman–Crippen MR) is 128 cm³/mol. The number of aromatic nitrogens is 6. The third kappa shape index (κ3) is 4.17. The molecule has 0 aliphatic carbocycles. The van der Waals surface area contributed by atoms with E-state index in [1.165, 1.54) is 38.6 Å². The molecule has 2 atom stereocenters. The van der Waals surface area contributed by atoms with Gasteiger partial charge in [0.15, 0.2) is 0 Å². The molecule has 0 fully saturated rings. The van der Waals surface area contributed by atoms with E-state index in [9.17, 15) is 18.7 Å². The van der Waals surface area contributed by atoms with Crippen molar-refractivity contribution in [1.82, 2.24) is 28.7 Å². The Labute approximate surface area is 206 Å². The molecule has 0 spiro atoms. The van der Waals surface area contributed by atoms with Crippen molar-refractivity contribution >= 4 is 21.6 Å². The Hall–Kier alpha value is -3.70. The first kappa shape index (κ1) is 23.1. The van der Waals surface area contributed by atoms with Crippen LogP contribution in [0.3, 0.4) is 0 Å². The molecule has 2 unspecified atom stereocenters. The maximum absolute atomic E-state index is 14.9. The molecule has 178 valence electrons. The molecule has 0 saturated carbocycles. The first-order valence-corrected chi connectivity index (χ1v) is 11.4. The number of hydrogen-bond acceptors (Lipinski definition) is 5. The third-order valence-corrected chi connectivity index (χ3v) is 6.59. The van der Waals surface area contributed by atoms with Gasteiger partial charge in [-0.15, -0.1) is 0 Å². The summed E-state index contributed by atoms with van der Waals surface area (Å²) >= 11 is 3.40. The lowest BCUT2D eigenvalue weighted by Gasteiger charge is -2.35. The lowest BCUT2D eigenvalue weighted by atomic mass is 9.86. The van der Waals surface area contributed by atoms with Crippen molar-refractivity contribution in [2.24, 2.45) is 0 Å². The highest BCUT2D eigenvalue weighted by Gasteiger charge is 2.41. The number of imidazole rings is 1. The van der Waals surface area contributed by atoms with Crippen molar-refractivity contribution in [2.45, 2.75) is 25.1 Å². The van der Waals surface area contributed by atoms with Crippen LogP contribution in [0.15, 0.2) is 82.8 Å². The van der Waals surface area contributed by atoms with Gasteiger partial charge in [-0.1, -0.05) is 34.1 Å². The molecule has 0 aliphatic heterocycles. The van der Waals surface area contributed by atoms with E-state index >= 15 is 0 Å². The van der Waals surface area contributed by atoms with E-state index in [4.69, 9.17) is 0 Å². The summed E-state index contributed by atoms with van der Waals surface area (Å²) in [5.41, 5.74) is -0.781. The van der Waals surface area contributed by atoms with E-state index in [-0.39, 0.29) is 12.1 Å². The highest BCUT2D eigenvalue weighted by atomic mass is 79.9. The molecule has 0 radical (unpaired) electrons. The van der Waals surface area contributed by atoms with Crippen LogP contribution in [0.1, 0.15) is 18.5 Å². The van der Waals surface area contributed by atoms with Gasteiger partial charge in [-0.3, -0.25) is 8.97 Å². The molecular formula is C24H19BrF2N6O2. The molecule has 5 rings (SSSR count). The van der Waals surface area contributed by atoms with Crippen LogP contribution < -0.4 is 5.69 Å². The number of rotatable bonds is 6. The van der Waals surface area contributed by atoms with Gasteiger partial charge in [-0.2, -0.15) is 5.10 Å². The molecule has 0 bridgehead atoms. The number of hydrogen-bond donors (Lipinski definition) is 1. The Balaban J connectivity index is 1.62. The van der Waals surface area contributed by atoms with Crippen LogP contribution in [-0.4, -0.2) is 33.8 Å². The number of aliphatic hydroxyl groups is 1. The van der Waals surface area contributed by atoms with Gasteiger partial charge < -0.3 is 5.11 Å².